The van der Waals surface area contributed by atoms with Crippen molar-refractivity contribution in [1.29, 1.82) is 5.26 Å². The van der Waals surface area contributed by atoms with Gasteiger partial charge in [-0.25, -0.2) is 0 Å². The smallest absolute Gasteiger partial charge is 0.326 e. The fourth-order valence-corrected chi connectivity index (χ4v) is 1.36. The second-order valence-corrected chi connectivity index (χ2v) is 3.95. The number of nitriles is 1. The molecule has 0 N–H and O–H groups in total. The van der Waals surface area contributed by atoms with E-state index in [9.17, 15) is 19.7 Å². The molecule has 0 fully saturated rings. The first kappa shape index (κ1) is 14.4. The summed E-state index contributed by atoms with van der Waals surface area (Å²) in [5.74, 6) is -0.707. The maximum atomic E-state index is 11.7. The van der Waals surface area contributed by atoms with Gasteiger partial charge >= 0.3 is 5.97 Å². The van der Waals surface area contributed by atoms with Gasteiger partial charge in [-0.2, -0.15) is 5.26 Å². The van der Waals surface area contributed by atoms with Crippen molar-refractivity contribution in [2.45, 2.75) is 26.5 Å². The molecule has 100 valence electrons. The van der Waals surface area contributed by atoms with Crippen molar-refractivity contribution in [2.75, 3.05) is 0 Å². The van der Waals surface area contributed by atoms with Gasteiger partial charge in [-0.05, 0) is 13.8 Å². The Hall–Kier alpha value is -2.69. The first-order chi connectivity index (χ1) is 8.85. The number of rotatable bonds is 4. The number of carbonyl (C=O) groups excluding carboxylic acids is 1. The van der Waals surface area contributed by atoms with E-state index in [0.717, 1.165) is 16.8 Å². The molecule has 8 heteroatoms. The van der Waals surface area contributed by atoms with Gasteiger partial charge in [0.1, 0.15) is 18.2 Å². The van der Waals surface area contributed by atoms with Crippen LogP contribution in [0.25, 0.3) is 0 Å². The van der Waals surface area contributed by atoms with Gasteiger partial charge in [0, 0.05) is 6.07 Å². The monoisotopic (exact) mass is 265 g/mol. The van der Waals surface area contributed by atoms with Crippen LogP contribution >= 0.6 is 0 Å². The Morgan fingerprint density at radius 1 is 1.63 bits per heavy atom. The fourth-order valence-electron chi connectivity index (χ4n) is 1.36. The number of ether oxygens (including phenoxy) is 1. The van der Waals surface area contributed by atoms with Crippen molar-refractivity contribution in [2.24, 2.45) is 0 Å². The quantitative estimate of drug-likeness (QED) is 0.446. The molecule has 1 aromatic rings. The van der Waals surface area contributed by atoms with Crippen LogP contribution in [0.3, 0.4) is 0 Å². The molecule has 8 nitrogen and oxygen atoms in total. The van der Waals surface area contributed by atoms with E-state index in [-0.39, 0.29) is 6.10 Å². The number of carbonyl (C=O) groups is 1. The molecule has 0 amide bonds. The van der Waals surface area contributed by atoms with Crippen LogP contribution in [0, 0.1) is 21.4 Å². The predicted octanol–water partition coefficient (Wildman–Crippen LogP) is 0.580. The summed E-state index contributed by atoms with van der Waals surface area (Å²) in [6.45, 7) is 2.79. The summed E-state index contributed by atoms with van der Waals surface area (Å²) in [5, 5.41) is 19.4. The molecule has 0 aliphatic carbocycles. The minimum Gasteiger partial charge on any atom is -0.462 e. The molecule has 0 bridgehead atoms. The molecular weight excluding hydrogens is 254 g/mol. The Morgan fingerprint density at radius 2 is 2.26 bits per heavy atom. The van der Waals surface area contributed by atoms with Crippen LogP contribution < -0.4 is 5.56 Å². The fraction of sp³-hybridized carbons (Fsp3) is 0.364. The first-order valence-corrected chi connectivity index (χ1v) is 5.33. The van der Waals surface area contributed by atoms with E-state index in [1.54, 1.807) is 19.9 Å². The van der Waals surface area contributed by atoms with Crippen molar-refractivity contribution in [1.82, 2.24) is 4.57 Å². The van der Waals surface area contributed by atoms with E-state index in [1.165, 1.54) is 0 Å². The van der Waals surface area contributed by atoms with Crippen LogP contribution in [0.1, 0.15) is 19.4 Å². The Labute approximate surface area is 108 Å². The summed E-state index contributed by atoms with van der Waals surface area (Å²) in [5.41, 5.74) is -1.60. The maximum Gasteiger partial charge on any atom is 0.326 e. The van der Waals surface area contributed by atoms with Gasteiger partial charge < -0.3 is 4.74 Å². The molecule has 1 aromatic heterocycles. The third-order valence-electron chi connectivity index (χ3n) is 2.07. The molecule has 19 heavy (non-hydrogen) atoms. The van der Waals surface area contributed by atoms with Crippen molar-refractivity contribution >= 4 is 11.7 Å². The number of aromatic nitrogens is 1. The van der Waals surface area contributed by atoms with E-state index < -0.39 is 34.2 Å². The topological polar surface area (TPSA) is 115 Å². The lowest BCUT2D eigenvalue weighted by atomic mass is 10.2. The number of hydrogen-bond acceptors (Lipinski definition) is 6. The van der Waals surface area contributed by atoms with Gasteiger partial charge in [0.25, 0.3) is 11.2 Å². The largest absolute Gasteiger partial charge is 0.462 e. The van der Waals surface area contributed by atoms with Crippen LogP contribution in [0.2, 0.25) is 0 Å². The van der Waals surface area contributed by atoms with Crippen LogP contribution in [-0.2, 0) is 16.1 Å². The van der Waals surface area contributed by atoms with E-state index in [4.69, 9.17) is 10.00 Å². The summed E-state index contributed by atoms with van der Waals surface area (Å²) in [7, 11) is 0. The molecule has 0 saturated carbocycles. The van der Waals surface area contributed by atoms with Gasteiger partial charge in [0.05, 0.1) is 17.2 Å². The molecule has 0 saturated heterocycles. The normalized spacial score (nSPS) is 10.0. The predicted molar refractivity (Wildman–Crippen MR) is 63.3 cm³/mol. The lowest BCUT2D eigenvalue weighted by Crippen LogP contribution is -2.28. The molecule has 0 spiro atoms. The van der Waals surface area contributed by atoms with Gasteiger partial charge in [-0.3, -0.25) is 24.3 Å². The Balaban J connectivity index is 3.17. The van der Waals surface area contributed by atoms with E-state index >= 15 is 0 Å². The SMILES string of the molecule is CC(C)OC(=O)Cn1cc([N+](=O)[O-])cc(C#N)c1=O. The maximum absolute atomic E-state index is 11.7. The molecule has 0 aliphatic rings. The lowest BCUT2D eigenvalue weighted by Gasteiger charge is -2.09. The van der Waals surface area contributed by atoms with Gasteiger partial charge in [0.15, 0.2) is 0 Å². The lowest BCUT2D eigenvalue weighted by molar-refractivity contribution is -0.385. The average Bonchev–Trinajstić information content (AvgIpc) is 2.30. The van der Waals surface area contributed by atoms with E-state index in [2.05, 4.69) is 0 Å². The summed E-state index contributed by atoms with van der Waals surface area (Å²) in [6.07, 6.45) is 0.544. The number of nitrogens with zero attached hydrogens (tertiary/aromatic N) is 3. The summed E-state index contributed by atoms with van der Waals surface area (Å²) in [4.78, 5) is 33.0. The van der Waals surface area contributed by atoms with Crippen molar-refractivity contribution in [3.05, 3.63) is 38.3 Å². The summed E-state index contributed by atoms with van der Waals surface area (Å²) in [6, 6.07) is 2.42. The van der Waals surface area contributed by atoms with Crippen LogP contribution in [-0.4, -0.2) is 21.6 Å². The summed E-state index contributed by atoms with van der Waals surface area (Å²) >= 11 is 0. The number of esters is 1. The summed E-state index contributed by atoms with van der Waals surface area (Å²) < 4.78 is 5.62. The average molecular weight is 265 g/mol. The van der Waals surface area contributed by atoms with E-state index in [1.807, 2.05) is 0 Å². The zero-order valence-electron chi connectivity index (χ0n) is 10.3. The zero-order chi connectivity index (χ0) is 14.6. The molecule has 0 radical (unpaired) electrons. The third-order valence-corrected chi connectivity index (χ3v) is 2.07. The number of pyridine rings is 1. The van der Waals surface area contributed by atoms with Crippen molar-refractivity contribution in [3.63, 3.8) is 0 Å². The minimum absolute atomic E-state index is 0.364. The van der Waals surface area contributed by atoms with Gasteiger partial charge in [-0.1, -0.05) is 0 Å². The van der Waals surface area contributed by atoms with E-state index in [0.29, 0.717) is 0 Å². The molecule has 1 rings (SSSR count). The molecule has 0 aromatic carbocycles. The standard InChI is InChI=1S/C11H11N3O5/c1-7(2)19-10(15)6-13-5-9(14(17)18)3-8(4-12)11(13)16/h3,5,7H,6H2,1-2H3. The first-order valence-electron chi connectivity index (χ1n) is 5.33. The Kier molecular flexibility index (Phi) is 4.36. The highest BCUT2D eigenvalue weighted by atomic mass is 16.6. The Bertz CT molecular complexity index is 612. The van der Waals surface area contributed by atoms with Crippen LogP contribution in [0.15, 0.2) is 17.1 Å². The zero-order valence-corrected chi connectivity index (χ0v) is 10.3. The van der Waals surface area contributed by atoms with Crippen LogP contribution in [0.4, 0.5) is 5.69 Å². The molecule has 0 atom stereocenters. The van der Waals surface area contributed by atoms with Crippen molar-refractivity contribution < 1.29 is 14.5 Å². The minimum atomic E-state index is -0.770. The molecule has 0 unspecified atom stereocenters. The van der Waals surface area contributed by atoms with Crippen molar-refractivity contribution in [3.8, 4) is 6.07 Å². The van der Waals surface area contributed by atoms with Gasteiger partial charge in [0.2, 0.25) is 0 Å². The second kappa shape index (κ2) is 5.77. The molecular formula is C11H11N3O5. The Morgan fingerprint density at radius 3 is 2.74 bits per heavy atom. The molecule has 0 aliphatic heterocycles. The highest BCUT2D eigenvalue weighted by Crippen LogP contribution is 2.09. The number of hydrogen-bond donors (Lipinski definition) is 0. The molecule has 1 heterocycles. The second-order valence-electron chi connectivity index (χ2n) is 3.95. The highest BCUT2D eigenvalue weighted by molar-refractivity contribution is 5.69. The van der Waals surface area contributed by atoms with Crippen LogP contribution in [0.5, 0.6) is 0 Å². The number of nitro groups is 1. The highest BCUT2D eigenvalue weighted by Gasteiger charge is 2.16. The van der Waals surface area contributed by atoms with Gasteiger partial charge in [-0.15, -0.1) is 0 Å². The third kappa shape index (κ3) is 3.64.